The molecule has 2 N–H and O–H groups in total. The topological polar surface area (TPSA) is 35.2 Å². The summed E-state index contributed by atoms with van der Waals surface area (Å²) in [6.07, 6.45) is -13.2. The average molecular weight is 251 g/mol. The van der Waals surface area contributed by atoms with Crippen molar-refractivity contribution in [3.8, 4) is 0 Å². The van der Waals surface area contributed by atoms with Crippen LogP contribution in [0.1, 0.15) is 12.8 Å². The van der Waals surface area contributed by atoms with Crippen molar-refractivity contribution >= 4 is 0 Å². The highest BCUT2D eigenvalue weighted by atomic mass is 19.4. The van der Waals surface area contributed by atoms with Gasteiger partial charge in [0.2, 0.25) is 6.10 Å². The Kier molecular flexibility index (Phi) is 3.73. The molecular formula is C8H11F6NO. The molecule has 0 bridgehead atoms. The van der Waals surface area contributed by atoms with Crippen LogP contribution in [-0.4, -0.2) is 31.1 Å². The predicted octanol–water partition coefficient (Wildman–Crippen LogP) is 2.23. The maximum Gasteiger partial charge on any atom is 0.423 e. The van der Waals surface area contributed by atoms with Crippen molar-refractivity contribution < 1.29 is 31.1 Å². The first kappa shape index (κ1) is 13.6. The fraction of sp³-hybridized carbons (Fsp3) is 1.00. The Morgan fingerprint density at radius 1 is 1.06 bits per heavy atom. The fourth-order valence-corrected chi connectivity index (χ4v) is 1.24. The summed E-state index contributed by atoms with van der Waals surface area (Å²) < 4.78 is 75.8. The molecule has 0 aliphatic heterocycles. The van der Waals surface area contributed by atoms with E-state index >= 15 is 0 Å². The molecular weight excluding hydrogens is 240 g/mol. The molecule has 0 spiro atoms. The highest BCUT2D eigenvalue weighted by molar-refractivity contribution is 4.85. The zero-order chi connectivity index (χ0) is 12.6. The molecule has 1 saturated carbocycles. The molecule has 16 heavy (non-hydrogen) atoms. The quantitative estimate of drug-likeness (QED) is 0.777. The van der Waals surface area contributed by atoms with Crippen molar-refractivity contribution in [2.75, 3.05) is 6.61 Å². The molecule has 1 rings (SSSR count). The van der Waals surface area contributed by atoms with Crippen molar-refractivity contribution in [1.29, 1.82) is 0 Å². The SMILES string of the molecule is NC(COC(C(F)(F)F)C(F)(F)F)C1CC1. The van der Waals surface area contributed by atoms with Crippen LogP contribution < -0.4 is 5.73 Å². The Morgan fingerprint density at radius 2 is 1.50 bits per heavy atom. The molecule has 1 aliphatic carbocycles. The summed E-state index contributed by atoms with van der Waals surface area (Å²) in [5.41, 5.74) is 5.35. The van der Waals surface area contributed by atoms with E-state index in [1.54, 1.807) is 0 Å². The fourth-order valence-electron chi connectivity index (χ4n) is 1.24. The van der Waals surface area contributed by atoms with E-state index in [0.717, 1.165) is 12.8 Å². The molecule has 0 aromatic rings. The third-order valence-electron chi connectivity index (χ3n) is 2.28. The molecule has 0 saturated heterocycles. The normalized spacial score (nSPS) is 20.2. The number of alkyl halides is 6. The van der Waals surface area contributed by atoms with Gasteiger partial charge in [0.25, 0.3) is 0 Å². The van der Waals surface area contributed by atoms with Crippen LogP contribution in [0, 0.1) is 5.92 Å². The highest BCUT2D eigenvalue weighted by Crippen LogP contribution is 2.37. The second-order valence-electron chi connectivity index (χ2n) is 3.80. The first-order chi connectivity index (χ1) is 7.12. The van der Waals surface area contributed by atoms with Gasteiger partial charge in [0.05, 0.1) is 6.61 Å². The second-order valence-corrected chi connectivity index (χ2v) is 3.80. The van der Waals surface area contributed by atoms with Crippen molar-refractivity contribution in [3.63, 3.8) is 0 Å². The third kappa shape index (κ3) is 3.82. The highest BCUT2D eigenvalue weighted by Gasteiger charge is 2.58. The molecule has 0 aromatic heterocycles. The van der Waals surface area contributed by atoms with Gasteiger partial charge in [-0.05, 0) is 18.8 Å². The molecule has 1 aliphatic rings. The van der Waals surface area contributed by atoms with E-state index in [9.17, 15) is 26.3 Å². The lowest BCUT2D eigenvalue weighted by Crippen LogP contribution is -2.46. The van der Waals surface area contributed by atoms with Crippen LogP contribution in [-0.2, 0) is 4.74 Å². The first-order valence-corrected chi connectivity index (χ1v) is 4.63. The lowest BCUT2D eigenvalue weighted by Gasteiger charge is -2.24. The predicted molar refractivity (Wildman–Crippen MR) is 42.5 cm³/mol. The Hall–Kier alpha value is -0.500. The number of ether oxygens (including phenoxy) is 1. The average Bonchev–Trinajstić information content (AvgIpc) is 2.79. The molecule has 0 amide bonds. The van der Waals surface area contributed by atoms with Crippen LogP contribution in [0.3, 0.4) is 0 Å². The lowest BCUT2D eigenvalue weighted by molar-refractivity contribution is -0.322. The standard InChI is InChI=1S/C8H11F6NO/c9-7(10,11)6(8(12,13)14)16-3-5(15)4-1-2-4/h4-6H,1-3,15H2. The summed E-state index contributed by atoms with van der Waals surface area (Å²) in [5.74, 6) is -0.0119. The summed E-state index contributed by atoms with van der Waals surface area (Å²) in [5, 5.41) is 0. The molecule has 2 nitrogen and oxygen atoms in total. The van der Waals surface area contributed by atoms with Crippen LogP contribution in [0.15, 0.2) is 0 Å². The Labute approximate surface area is 87.7 Å². The van der Waals surface area contributed by atoms with Gasteiger partial charge in [0.15, 0.2) is 0 Å². The molecule has 0 aromatic carbocycles. The maximum absolute atomic E-state index is 12.0. The lowest BCUT2D eigenvalue weighted by atomic mass is 10.2. The van der Waals surface area contributed by atoms with Crippen LogP contribution in [0.4, 0.5) is 26.3 Å². The zero-order valence-electron chi connectivity index (χ0n) is 8.11. The molecule has 1 fully saturated rings. The van der Waals surface area contributed by atoms with Crippen molar-refractivity contribution in [3.05, 3.63) is 0 Å². The number of halogens is 6. The van der Waals surface area contributed by atoms with E-state index < -0.39 is 31.1 Å². The van der Waals surface area contributed by atoms with Crippen LogP contribution in [0.2, 0.25) is 0 Å². The molecule has 1 unspecified atom stereocenters. The minimum Gasteiger partial charge on any atom is -0.359 e. The maximum atomic E-state index is 12.0. The van der Waals surface area contributed by atoms with Gasteiger partial charge in [-0.25, -0.2) is 0 Å². The van der Waals surface area contributed by atoms with Gasteiger partial charge in [0, 0.05) is 6.04 Å². The van der Waals surface area contributed by atoms with Gasteiger partial charge in [-0.1, -0.05) is 0 Å². The van der Waals surface area contributed by atoms with Crippen LogP contribution >= 0.6 is 0 Å². The van der Waals surface area contributed by atoms with E-state index in [1.165, 1.54) is 0 Å². The van der Waals surface area contributed by atoms with Gasteiger partial charge in [-0.3, -0.25) is 0 Å². The van der Waals surface area contributed by atoms with Gasteiger partial charge in [0.1, 0.15) is 0 Å². The molecule has 8 heteroatoms. The van der Waals surface area contributed by atoms with Gasteiger partial charge < -0.3 is 10.5 Å². The first-order valence-electron chi connectivity index (χ1n) is 4.63. The summed E-state index contributed by atoms with van der Waals surface area (Å²) in [7, 11) is 0. The minimum absolute atomic E-state index is 0.0119. The summed E-state index contributed by atoms with van der Waals surface area (Å²) in [6.45, 7) is -0.728. The summed E-state index contributed by atoms with van der Waals surface area (Å²) in [4.78, 5) is 0. The molecule has 1 atom stereocenters. The summed E-state index contributed by atoms with van der Waals surface area (Å²) >= 11 is 0. The van der Waals surface area contributed by atoms with Gasteiger partial charge in [-0.2, -0.15) is 26.3 Å². The Morgan fingerprint density at radius 3 is 1.81 bits per heavy atom. The number of nitrogens with two attached hydrogens (primary N) is 1. The van der Waals surface area contributed by atoms with E-state index in [4.69, 9.17) is 5.73 Å². The number of rotatable bonds is 4. The van der Waals surface area contributed by atoms with E-state index in [1.807, 2.05) is 0 Å². The van der Waals surface area contributed by atoms with Crippen molar-refractivity contribution in [2.24, 2.45) is 11.7 Å². The van der Waals surface area contributed by atoms with Crippen molar-refractivity contribution in [1.82, 2.24) is 0 Å². The van der Waals surface area contributed by atoms with Crippen molar-refractivity contribution in [2.45, 2.75) is 37.3 Å². The monoisotopic (exact) mass is 251 g/mol. The van der Waals surface area contributed by atoms with E-state index in [2.05, 4.69) is 4.74 Å². The van der Waals surface area contributed by atoms with Crippen LogP contribution in [0.5, 0.6) is 0 Å². The van der Waals surface area contributed by atoms with Gasteiger partial charge >= 0.3 is 12.4 Å². The number of hydrogen-bond acceptors (Lipinski definition) is 2. The smallest absolute Gasteiger partial charge is 0.359 e. The van der Waals surface area contributed by atoms with Crippen LogP contribution in [0.25, 0.3) is 0 Å². The molecule has 0 radical (unpaired) electrons. The minimum atomic E-state index is -5.46. The second kappa shape index (κ2) is 4.40. The third-order valence-corrected chi connectivity index (χ3v) is 2.28. The largest absolute Gasteiger partial charge is 0.423 e. The van der Waals surface area contributed by atoms with Gasteiger partial charge in [-0.15, -0.1) is 0 Å². The summed E-state index contributed by atoms with van der Waals surface area (Å²) in [6, 6.07) is -0.757. The van der Waals surface area contributed by atoms with E-state index in [0.29, 0.717) is 0 Å². The van der Waals surface area contributed by atoms with E-state index in [-0.39, 0.29) is 5.92 Å². The zero-order valence-corrected chi connectivity index (χ0v) is 8.11. The Balaban J connectivity index is 2.50. The Bertz CT molecular complexity index is 220. The number of hydrogen-bond donors (Lipinski definition) is 1. The molecule has 96 valence electrons. The molecule has 0 heterocycles.